The Kier molecular flexibility index (Phi) is 3.84. The van der Waals surface area contributed by atoms with Crippen LogP contribution in [0.5, 0.6) is 5.75 Å². The Morgan fingerprint density at radius 2 is 2.18 bits per heavy atom. The molecule has 1 aromatic rings. The van der Waals surface area contributed by atoms with Gasteiger partial charge in [0.1, 0.15) is 11.6 Å². The lowest BCUT2D eigenvalue weighted by molar-refractivity contribution is 0.272. The maximum absolute atomic E-state index is 5.24. The van der Waals surface area contributed by atoms with Crippen molar-refractivity contribution in [3.8, 4) is 5.75 Å². The predicted molar refractivity (Wildman–Crippen MR) is 69.7 cm³/mol. The first-order valence-electron chi connectivity index (χ1n) is 6.16. The maximum Gasteiger partial charge on any atom is 0.132 e. The van der Waals surface area contributed by atoms with Crippen LogP contribution in [0.4, 0.5) is 5.82 Å². The van der Waals surface area contributed by atoms with E-state index < -0.39 is 0 Å². The Labute approximate surface area is 103 Å². The third kappa shape index (κ3) is 2.88. The molecule has 0 aromatic carbocycles. The molecule has 2 heterocycles. The fourth-order valence-corrected chi connectivity index (χ4v) is 2.10. The highest BCUT2D eigenvalue weighted by atomic mass is 16.5. The van der Waals surface area contributed by atoms with Gasteiger partial charge in [-0.2, -0.15) is 0 Å². The van der Waals surface area contributed by atoms with Crippen molar-refractivity contribution in [2.45, 2.75) is 19.4 Å². The Balaban J connectivity index is 2.11. The fraction of sp³-hybridized carbons (Fsp3) is 0.615. The number of hydrogen-bond donors (Lipinski definition) is 0. The van der Waals surface area contributed by atoms with E-state index in [1.165, 1.54) is 6.42 Å². The first-order chi connectivity index (χ1) is 8.20. The zero-order valence-corrected chi connectivity index (χ0v) is 10.9. The normalized spacial score (nSPS) is 22.3. The number of rotatable bonds is 2. The van der Waals surface area contributed by atoms with Gasteiger partial charge in [-0.1, -0.05) is 0 Å². The molecule has 1 aromatic heterocycles. The van der Waals surface area contributed by atoms with E-state index in [2.05, 4.69) is 28.8 Å². The van der Waals surface area contributed by atoms with Crippen LogP contribution >= 0.6 is 0 Å². The van der Waals surface area contributed by atoms with Gasteiger partial charge in [0.05, 0.1) is 7.11 Å². The molecule has 0 N–H and O–H groups in total. The van der Waals surface area contributed by atoms with Crippen LogP contribution in [0.1, 0.15) is 13.3 Å². The summed E-state index contributed by atoms with van der Waals surface area (Å²) in [4.78, 5) is 9.17. The minimum atomic E-state index is 0.644. The summed E-state index contributed by atoms with van der Waals surface area (Å²) in [6.07, 6.45) is 2.99. The van der Waals surface area contributed by atoms with Crippen LogP contribution in [0.2, 0.25) is 0 Å². The molecule has 0 spiro atoms. The second-order valence-electron chi connectivity index (χ2n) is 4.66. The largest absolute Gasteiger partial charge is 0.497 e. The van der Waals surface area contributed by atoms with Crippen molar-refractivity contribution < 1.29 is 4.74 Å². The molecule has 0 amide bonds. The summed E-state index contributed by atoms with van der Waals surface area (Å²) >= 11 is 0. The van der Waals surface area contributed by atoms with E-state index in [9.17, 15) is 0 Å². The molecule has 17 heavy (non-hydrogen) atoms. The van der Waals surface area contributed by atoms with Gasteiger partial charge in [0.25, 0.3) is 0 Å². The third-order valence-corrected chi connectivity index (χ3v) is 3.57. The van der Waals surface area contributed by atoms with E-state index in [1.54, 1.807) is 7.11 Å². The molecular weight excluding hydrogens is 214 g/mol. The second-order valence-corrected chi connectivity index (χ2v) is 4.66. The van der Waals surface area contributed by atoms with Gasteiger partial charge in [0.15, 0.2) is 0 Å². The molecule has 4 nitrogen and oxygen atoms in total. The Bertz CT molecular complexity index is 357. The van der Waals surface area contributed by atoms with Crippen molar-refractivity contribution >= 4 is 5.82 Å². The van der Waals surface area contributed by atoms with Gasteiger partial charge in [-0.05, 0) is 26.5 Å². The van der Waals surface area contributed by atoms with Gasteiger partial charge in [-0.25, -0.2) is 4.98 Å². The monoisotopic (exact) mass is 235 g/mol. The highest BCUT2D eigenvalue weighted by Crippen LogP contribution is 2.20. The zero-order valence-electron chi connectivity index (χ0n) is 10.9. The van der Waals surface area contributed by atoms with Crippen molar-refractivity contribution in [3.05, 3.63) is 18.3 Å². The van der Waals surface area contributed by atoms with Crippen LogP contribution in [0, 0.1) is 0 Å². The third-order valence-electron chi connectivity index (χ3n) is 3.57. The number of hydrogen-bond acceptors (Lipinski definition) is 4. The summed E-state index contributed by atoms with van der Waals surface area (Å²) in [7, 11) is 3.88. The van der Waals surface area contributed by atoms with Crippen molar-refractivity contribution in [1.29, 1.82) is 0 Å². The molecule has 0 radical (unpaired) electrons. The average Bonchev–Trinajstić information content (AvgIpc) is 2.53. The average molecular weight is 235 g/mol. The molecular formula is C13H21N3O. The molecule has 94 valence electrons. The van der Waals surface area contributed by atoms with Crippen LogP contribution < -0.4 is 9.64 Å². The summed E-state index contributed by atoms with van der Waals surface area (Å²) in [6.45, 7) is 5.45. The minimum Gasteiger partial charge on any atom is -0.497 e. The molecule has 0 aliphatic carbocycles. The molecule has 2 rings (SSSR count). The summed E-state index contributed by atoms with van der Waals surface area (Å²) in [6, 6.07) is 4.54. The molecule has 1 aliphatic rings. The highest BCUT2D eigenvalue weighted by molar-refractivity contribution is 5.43. The molecule has 1 fully saturated rings. The van der Waals surface area contributed by atoms with Gasteiger partial charge in [0, 0.05) is 37.9 Å². The molecule has 0 saturated carbocycles. The van der Waals surface area contributed by atoms with Crippen molar-refractivity contribution in [2.24, 2.45) is 0 Å². The fourth-order valence-electron chi connectivity index (χ4n) is 2.10. The maximum atomic E-state index is 5.24. The number of likely N-dealkylation sites (N-methyl/N-ethyl adjacent to an activating group) is 1. The highest BCUT2D eigenvalue weighted by Gasteiger charge is 2.18. The van der Waals surface area contributed by atoms with Gasteiger partial charge < -0.3 is 14.5 Å². The number of methoxy groups -OCH3 is 1. The van der Waals surface area contributed by atoms with Crippen molar-refractivity contribution in [2.75, 3.05) is 38.7 Å². The topological polar surface area (TPSA) is 28.6 Å². The molecule has 4 heteroatoms. The molecule has 0 bridgehead atoms. The predicted octanol–water partition coefficient (Wildman–Crippen LogP) is 1.62. The van der Waals surface area contributed by atoms with Crippen LogP contribution in [-0.4, -0.2) is 49.7 Å². The summed E-state index contributed by atoms with van der Waals surface area (Å²) < 4.78 is 5.24. The number of pyridine rings is 1. The lowest BCUT2D eigenvalue weighted by atomic mass is 10.2. The van der Waals surface area contributed by atoms with Crippen LogP contribution in [0.15, 0.2) is 18.3 Å². The SMILES string of the molecule is COc1ccnc(N2CC[C@@H](C)N(C)CC2)c1. The van der Waals surface area contributed by atoms with Gasteiger partial charge in [-0.15, -0.1) is 0 Å². The lowest BCUT2D eigenvalue weighted by Gasteiger charge is -2.21. The van der Waals surface area contributed by atoms with Gasteiger partial charge >= 0.3 is 0 Å². The number of anilines is 1. The van der Waals surface area contributed by atoms with Crippen molar-refractivity contribution in [3.63, 3.8) is 0 Å². The number of aromatic nitrogens is 1. The standard InChI is InChI=1S/C13H21N3O/c1-11-5-7-16(9-8-15(11)2)13-10-12(17-3)4-6-14-13/h4,6,10-11H,5,7-9H2,1-3H3/t11-/m1/s1. The Morgan fingerprint density at radius 3 is 2.94 bits per heavy atom. The summed E-state index contributed by atoms with van der Waals surface area (Å²) in [5.41, 5.74) is 0. The van der Waals surface area contributed by atoms with E-state index >= 15 is 0 Å². The van der Waals surface area contributed by atoms with E-state index in [0.29, 0.717) is 6.04 Å². The second kappa shape index (κ2) is 5.36. The van der Waals surface area contributed by atoms with E-state index in [0.717, 1.165) is 31.2 Å². The smallest absolute Gasteiger partial charge is 0.132 e. The Hall–Kier alpha value is -1.29. The first-order valence-corrected chi connectivity index (χ1v) is 6.16. The number of ether oxygens (including phenoxy) is 1. The molecule has 1 saturated heterocycles. The van der Waals surface area contributed by atoms with E-state index in [1.807, 2.05) is 18.3 Å². The molecule has 1 aliphatic heterocycles. The first kappa shape index (κ1) is 12.2. The van der Waals surface area contributed by atoms with E-state index in [4.69, 9.17) is 4.74 Å². The zero-order chi connectivity index (χ0) is 12.3. The minimum absolute atomic E-state index is 0.644. The van der Waals surface area contributed by atoms with Crippen LogP contribution in [0.25, 0.3) is 0 Å². The summed E-state index contributed by atoms with van der Waals surface area (Å²) in [5, 5.41) is 0. The van der Waals surface area contributed by atoms with Gasteiger partial charge in [-0.3, -0.25) is 0 Å². The quantitative estimate of drug-likeness (QED) is 0.779. The molecule has 1 atom stereocenters. The van der Waals surface area contributed by atoms with Crippen LogP contribution in [-0.2, 0) is 0 Å². The van der Waals surface area contributed by atoms with Crippen molar-refractivity contribution in [1.82, 2.24) is 9.88 Å². The van der Waals surface area contributed by atoms with E-state index in [-0.39, 0.29) is 0 Å². The molecule has 0 unspecified atom stereocenters. The lowest BCUT2D eigenvalue weighted by Crippen LogP contribution is -2.31. The van der Waals surface area contributed by atoms with Crippen LogP contribution in [0.3, 0.4) is 0 Å². The Morgan fingerprint density at radius 1 is 1.35 bits per heavy atom. The van der Waals surface area contributed by atoms with Gasteiger partial charge in [0.2, 0.25) is 0 Å². The number of nitrogens with zero attached hydrogens (tertiary/aromatic N) is 3. The summed E-state index contributed by atoms with van der Waals surface area (Å²) in [5.74, 6) is 1.90.